The van der Waals surface area contributed by atoms with Crippen molar-refractivity contribution in [1.82, 2.24) is 14.5 Å². The molecule has 3 aromatic heterocycles. The zero-order valence-corrected chi connectivity index (χ0v) is 20.0. The van der Waals surface area contributed by atoms with E-state index >= 15 is 0 Å². The minimum absolute atomic E-state index is 0.108. The molecule has 0 atom stereocenters. The molecule has 0 spiro atoms. The Labute approximate surface area is 194 Å². The van der Waals surface area contributed by atoms with Crippen LogP contribution in [0, 0.1) is 27.7 Å². The molecule has 1 aliphatic rings. The van der Waals surface area contributed by atoms with Gasteiger partial charge in [-0.2, -0.15) is 0 Å². The molecule has 0 saturated carbocycles. The van der Waals surface area contributed by atoms with Crippen LogP contribution in [0.1, 0.15) is 37.7 Å². The highest BCUT2D eigenvalue weighted by Gasteiger charge is 2.19. The van der Waals surface area contributed by atoms with E-state index in [1.165, 1.54) is 22.2 Å². The molecule has 0 N–H and O–H groups in total. The molecule has 5 rings (SSSR count). The molecule has 4 heterocycles. The number of thioether (sulfide) groups is 1. The first-order chi connectivity index (χ1) is 15.4. The number of benzene rings is 1. The van der Waals surface area contributed by atoms with Gasteiger partial charge in [0.15, 0.2) is 17.3 Å². The van der Waals surface area contributed by atoms with E-state index < -0.39 is 0 Å². The molecule has 6 nitrogen and oxygen atoms in total. The molecular weight excluding hydrogens is 442 g/mol. The quantitative estimate of drug-likeness (QED) is 0.213. The average molecular weight is 466 g/mol. The lowest BCUT2D eigenvalue weighted by Gasteiger charge is -2.11. The Kier molecular flexibility index (Phi) is 5.43. The van der Waals surface area contributed by atoms with Gasteiger partial charge in [-0.3, -0.25) is 4.79 Å². The molecule has 4 aromatic rings. The van der Waals surface area contributed by atoms with Crippen LogP contribution in [0.5, 0.6) is 11.5 Å². The van der Waals surface area contributed by atoms with E-state index in [1.54, 1.807) is 17.7 Å². The zero-order chi connectivity index (χ0) is 22.4. The number of carbonyl (C=O) groups excluding carboxylic acids is 1. The predicted molar refractivity (Wildman–Crippen MR) is 128 cm³/mol. The van der Waals surface area contributed by atoms with Gasteiger partial charge in [0.2, 0.25) is 6.79 Å². The highest BCUT2D eigenvalue weighted by atomic mass is 32.2. The van der Waals surface area contributed by atoms with Crippen LogP contribution in [-0.4, -0.2) is 32.9 Å². The van der Waals surface area contributed by atoms with Crippen LogP contribution >= 0.6 is 23.1 Å². The lowest BCUT2D eigenvalue weighted by atomic mass is 10.1. The van der Waals surface area contributed by atoms with Gasteiger partial charge < -0.3 is 14.0 Å². The van der Waals surface area contributed by atoms with Gasteiger partial charge in [-0.25, -0.2) is 9.97 Å². The smallest absolute Gasteiger partial charge is 0.231 e. The summed E-state index contributed by atoms with van der Waals surface area (Å²) in [5, 5.41) is 1.94. The second-order valence-electron chi connectivity index (χ2n) is 7.91. The maximum absolute atomic E-state index is 13.1. The Morgan fingerprint density at radius 1 is 1.12 bits per heavy atom. The third-order valence-corrected chi connectivity index (χ3v) is 8.03. The molecule has 0 bridgehead atoms. The van der Waals surface area contributed by atoms with E-state index in [2.05, 4.69) is 28.4 Å². The van der Waals surface area contributed by atoms with E-state index in [0.29, 0.717) is 12.3 Å². The average Bonchev–Trinajstić information content (AvgIpc) is 3.44. The molecular formula is C24H23N3O3S2. The van der Waals surface area contributed by atoms with Crippen molar-refractivity contribution in [2.24, 2.45) is 0 Å². The van der Waals surface area contributed by atoms with Crippen LogP contribution in [-0.2, 0) is 6.54 Å². The molecule has 0 fully saturated rings. The van der Waals surface area contributed by atoms with E-state index in [9.17, 15) is 4.79 Å². The highest BCUT2D eigenvalue weighted by Crippen LogP contribution is 2.35. The highest BCUT2D eigenvalue weighted by molar-refractivity contribution is 8.00. The first-order valence-electron chi connectivity index (χ1n) is 10.3. The SMILES string of the molecule is Cc1sc2ncnc(SCC(=O)c3cc(C)n(Cc4ccc5c(c4)OCO5)c3C)c2c1C. The van der Waals surface area contributed by atoms with Crippen LogP contribution in [0.4, 0.5) is 0 Å². The van der Waals surface area contributed by atoms with Crippen LogP contribution < -0.4 is 9.47 Å². The topological polar surface area (TPSA) is 66.2 Å². The van der Waals surface area contributed by atoms with Crippen LogP contribution in [0.25, 0.3) is 10.2 Å². The minimum Gasteiger partial charge on any atom is -0.454 e. The minimum atomic E-state index is 0.108. The first-order valence-corrected chi connectivity index (χ1v) is 12.1. The van der Waals surface area contributed by atoms with Gasteiger partial charge in [0, 0.05) is 33.8 Å². The number of ether oxygens (including phenoxy) is 2. The molecule has 0 radical (unpaired) electrons. The second kappa shape index (κ2) is 8.26. The number of aryl methyl sites for hydroxylation is 3. The lowest BCUT2D eigenvalue weighted by Crippen LogP contribution is -2.08. The first kappa shape index (κ1) is 21.0. The van der Waals surface area contributed by atoms with E-state index in [1.807, 2.05) is 38.1 Å². The third-order valence-electron chi connectivity index (χ3n) is 5.92. The van der Waals surface area contributed by atoms with Gasteiger partial charge in [0.25, 0.3) is 0 Å². The number of nitrogens with zero attached hydrogens (tertiary/aromatic N) is 3. The summed E-state index contributed by atoms with van der Waals surface area (Å²) in [4.78, 5) is 24.2. The molecule has 1 aromatic carbocycles. The number of ketones is 1. The van der Waals surface area contributed by atoms with Gasteiger partial charge in [-0.15, -0.1) is 11.3 Å². The summed E-state index contributed by atoms with van der Waals surface area (Å²) < 4.78 is 13.1. The molecule has 164 valence electrons. The molecule has 32 heavy (non-hydrogen) atoms. The number of aromatic nitrogens is 3. The van der Waals surface area contributed by atoms with Crippen LogP contribution in [0.15, 0.2) is 35.6 Å². The summed E-state index contributed by atoms with van der Waals surface area (Å²) in [7, 11) is 0. The third kappa shape index (κ3) is 3.67. The number of hydrogen-bond acceptors (Lipinski definition) is 7. The van der Waals surface area contributed by atoms with Crippen molar-refractivity contribution in [1.29, 1.82) is 0 Å². The van der Waals surface area contributed by atoms with Crippen molar-refractivity contribution in [3.8, 4) is 11.5 Å². The Balaban J connectivity index is 1.35. The number of carbonyl (C=O) groups is 1. The number of thiophene rings is 1. The van der Waals surface area contributed by atoms with Crippen molar-refractivity contribution in [3.63, 3.8) is 0 Å². The standard InChI is InChI=1S/C24H23N3O3S2/c1-13-7-18(15(3)27(13)9-17-5-6-20-21(8-17)30-12-29-20)19(28)10-31-23-22-14(2)16(4)32-24(22)26-11-25-23/h5-8,11H,9-10,12H2,1-4H3. The molecule has 0 saturated heterocycles. The predicted octanol–water partition coefficient (Wildman–Crippen LogP) is 5.48. The molecule has 0 unspecified atom stereocenters. The van der Waals surface area contributed by atoms with Crippen molar-refractivity contribution in [2.45, 2.75) is 39.3 Å². The van der Waals surface area contributed by atoms with Gasteiger partial charge in [-0.05, 0) is 57.0 Å². The van der Waals surface area contributed by atoms with Crippen LogP contribution in [0.2, 0.25) is 0 Å². The van der Waals surface area contributed by atoms with Gasteiger partial charge >= 0.3 is 0 Å². The van der Waals surface area contributed by atoms with E-state index in [-0.39, 0.29) is 12.6 Å². The Hall–Kier alpha value is -2.84. The Bertz CT molecular complexity index is 1360. The Morgan fingerprint density at radius 2 is 1.94 bits per heavy atom. The van der Waals surface area contributed by atoms with Gasteiger partial charge in [0.1, 0.15) is 16.2 Å². The lowest BCUT2D eigenvalue weighted by molar-refractivity contribution is 0.102. The molecule has 0 amide bonds. The van der Waals surface area contributed by atoms with Crippen LogP contribution in [0.3, 0.4) is 0 Å². The summed E-state index contributed by atoms with van der Waals surface area (Å²) in [6, 6.07) is 7.96. The summed E-state index contributed by atoms with van der Waals surface area (Å²) in [6.07, 6.45) is 1.59. The maximum atomic E-state index is 13.1. The molecule has 1 aliphatic heterocycles. The largest absolute Gasteiger partial charge is 0.454 e. The van der Waals surface area contributed by atoms with Gasteiger partial charge in [-0.1, -0.05) is 17.8 Å². The Morgan fingerprint density at radius 3 is 2.78 bits per heavy atom. The van der Waals surface area contributed by atoms with E-state index in [4.69, 9.17) is 9.47 Å². The fourth-order valence-electron chi connectivity index (χ4n) is 4.02. The van der Waals surface area contributed by atoms with Crippen molar-refractivity contribution < 1.29 is 14.3 Å². The van der Waals surface area contributed by atoms with Gasteiger partial charge in [0.05, 0.1) is 5.75 Å². The number of fused-ring (bicyclic) bond motifs is 2. The fourth-order valence-corrected chi connectivity index (χ4v) is 6.02. The van der Waals surface area contributed by atoms with Crippen molar-refractivity contribution in [3.05, 3.63) is 63.5 Å². The summed E-state index contributed by atoms with van der Waals surface area (Å²) in [6.45, 7) is 9.17. The summed E-state index contributed by atoms with van der Waals surface area (Å²) in [5.74, 6) is 2.00. The van der Waals surface area contributed by atoms with E-state index in [0.717, 1.165) is 49.3 Å². The summed E-state index contributed by atoms with van der Waals surface area (Å²) >= 11 is 3.16. The number of Topliss-reactive ketones (excluding diaryl/α,β-unsaturated/α-hetero) is 1. The maximum Gasteiger partial charge on any atom is 0.231 e. The van der Waals surface area contributed by atoms with Crippen molar-refractivity contribution in [2.75, 3.05) is 12.5 Å². The number of hydrogen-bond donors (Lipinski definition) is 0. The normalized spacial score (nSPS) is 12.6. The fraction of sp³-hybridized carbons (Fsp3) is 0.292. The second-order valence-corrected chi connectivity index (χ2v) is 10.1. The number of rotatable bonds is 6. The summed E-state index contributed by atoms with van der Waals surface area (Å²) in [5.41, 5.74) is 5.10. The van der Waals surface area contributed by atoms with Crippen molar-refractivity contribution >= 4 is 39.1 Å². The monoisotopic (exact) mass is 465 g/mol. The molecule has 8 heteroatoms. The molecule has 0 aliphatic carbocycles. The zero-order valence-electron chi connectivity index (χ0n) is 18.4.